The third-order valence-corrected chi connectivity index (χ3v) is 10.9. The van der Waals surface area contributed by atoms with Gasteiger partial charge in [0, 0.05) is 25.6 Å². The molecule has 0 aliphatic carbocycles. The maximum absolute atomic E-state index is 6.11. The molecule has 0 radical (unpaired) electrons. The first-order chi connectivity index (χ1) is 21.6. The number of rotatable bonds is 7. The van der Waals surface area contributed by atoms with Gasteiger partial charge in [-0.25, -0.2) is 0 Å². The molecular formula is C42H45Br2NO. The molecule has 0 N–H and O–H groups in total. The van der Waals surface area contributed by atoms with Crippen LogP contribution in [0.3, 0.4) is 0 Å². The second-order valence-electron chi connectivity index (χ2n) is 14.6. The van der Waals surface area contributed by atoms with Crippen molar-refractivity contribution < 1.29 is 4.74 Å². The number of anilines is 3. The molecule has 2 nitrogen and oxygen atoms in total. The van der Waals surface area contributed by atoms with Crippen molar-refractivity contribution in [2.24, 2.45) is 0 Å². The fraction of sp³-hybridized carbons (Fsp3) is 0.286. The molecule has 0 amide bonds. The summed E-state index contributed by atoms with van der Waals surface area (Å²) >= 11 is 7.79. The highest BCUT2D eigenvalue weighted by molar-refractivity contribution is 9.13. The van der Waals surface area contributed by atoms with E-state index in [9.17, 15) is 0 Å². The van der Waals surface area contributed by atoms with Crippen molar-refractivity contribution in [3.8, 4) is 16.9 Å². The lowest BCUT2D eigenvalue weighted by molar-refractivity contribution is 0.415. The Hall–Kier alpha value is -3.34. The van der Waals surface area contributed by atoms with E-state index in [-0.39, 0.29) is 16.2 Å². The second-order valence-corrected chi connectivity index (χ2v) is 16.2. The average Bonchev–Trinajstić information content (AvgIpc) is 3.02. The molecule has 0 saturated heterocycles. The van der Waals surface area contributed by atoms with Gasteiger partial charge in [0.15, 0.2) is 0 Å². The van der Waals surface area contributed by atoms with Crippen LogP contribution >= 0.6 is 31.9 Å². The smallest absolute Gasteiger partial charge is 0.142 e. The van der Waals surface area contributed by atoms with E-state index in [0.717, 1.165) is 31.8 Å². The van der Waals surface area contributed by atoms with Crippen LogP contribution < -0.4 is 9.64 Å². The quantitative estimate of drug-likeness (QED) is 0.165. The topological polar surface area (TPSA) is 12.5 Å². The summed E-state index contributed by atoms with van der Waals surface area (Å²) in [5.41, 5.74) is 10.2. The van der Waals surface area contributed by atoms with Crippen LogP contribution in [-0.4, -0.2) is 7.11 Å². The minimum absolute atomic E-state index is 0.00448. The molecule has 5 rings (SSSR count). The molecule has 0 heterocycles. The monoisotopic (exact) mass is 737 g/mol. The summed E-state index contributed by atoms with van der Waals surface area (Å²) in [6.45, 7) is 18.2. The fourth-order valence-electron chi connectivity index (χ4n) is 5.92. The van der Waals surface area contributed by atoms with E-state index in [0.29, 0.717) is 0 Å². The minimum Gasteiger partial charge on any atom is -0.495 e. The molecular weight excluding hydrogens is 694 g/mol. The van der Waals surface area contributed by atoms with Crippen LogP contribution in [0.5, 0.6) is 5.75 Å². The maximum atomic E-state index is 6.11. The molecule has 0 unspecified atom stereocenters. The Morgan fingerprint density at radius 3 is 1.74 bits per heavy atom. The number of nitrogens with zero attached hydrogens (tertiary/aromatic N) is 1. The summed E-state index contributed by atoms with van der Waals surface area (Å²) in [7, 11) is 1.76. The van der Waals surface area contributed by atoms with Gasteiger partial charge in [-0.1, -0.05) is 122 Å². The number of benzene rings is 5. The number of methoxy groups -OCH3 is 1. The van der Waals surface area contributed by atoms with E-state index in [2.05, 4.69) is 201 Å². The Balaban J connectivity index is 1.79. The average molecular weight is 740 g/mol. The highest BCUT2D eigenvalue weighted by Crippen LogP contribution is 2.48. The summed E-state index contributed by atoms with van der Waals surface area (Å²) in [6, 6.07) is 39.4. The van der Waals surface area contributed by atoms with E-state index in [1.165, 1.54) is 33.4 Å². The summed E-state index contributed by atoms with van der Waals surface area (Å²) in [4.78, 5) is 2.35. The third-order valence-electron chi connectivity index (χ3n) is 8.91. The van der Waals surface area contributed by atoms with Gasteiger partial charge >= 0.3 is 0 Å². The van der Waals surface area contributed by atoms with Crippen LogP contribution in [0.25, 0.3) is 11.1 Å². The molecule has 5 aromatic rings. The Morgan fingerprint density at radius 1 is 0.565 bits per heavy atom. The standard InChI is InChI=1S/C42H45Br2NO/c1-40(2,3)29-20-22-36(33(24-29)28-16-12-10-13-17-28)45(32-18-14-11-15-19-32)37-27-30(21-23-38(37)46-9)42(7,8)34-25-31(41(4,5)6)26-35(43)39(34)44/h10-27H,1-9H3. The van der Waals surface area contributed by atoms with E-state index in [1.54, 1.807) is 7.11 Å². The summed E-state index contributed by atoms with van der Waals surface area (Å²) in [5.74, 6) is 0.811. The third kappa shape index (κ3) is 6.85. The molecule has 0 aromatic heterocycles. The van der Waals surface area contributed by atoms with Gasteiger partial charge in [0.05, 0.1) is 18.5 Å². The molecule has 238 valence electrons. The first-order valence-corrected chi connectivity index (χ1v) is 17.4. The Morgan fingerprint density at radius 2 is 1.15 bits per heavy atom. The number of hydrogen-bond acceptors (Lipinski definition) is 2. The van der Waals surface area contributed by atoms with Crippen LogP contribution in [0, 0.1) is 0 Å². The highest BCUT2D eigenvalue weighted by atomic mass is 79.9. The SMILES string of the molecule is COc1ccc(C(C)(C)c2cc(C(C)(C)C)cc(Br)c2Br)cc1N(c1ccccc1)c1ccc(C(C)(C)C)cc1-c1ccccc1. The predicted octanol–water partition coefficient (Wildman–Crippen LogP) is 13.3. The molecule has 0 spiro atoms. The van der Waals surface area contributed by atoms with Crippen LogP contribution in [-0.2, 0) is 16.2 Å². The number of hydrogen-bond donors (Lipinski definition) is 0. The lowest BCUT2D eigenvalue weighted by atomic mass is 9.75. The Bertz CT molecular complexity index is 1830. The van der Waals surface area contributed by atoms with E-state index in [1.807, 2.05) is 0 Å². The summed E-state index contributed by atoms with van der Waals surface area (Å²) in [6.07, 6.45) is 0. The van der Waals surface area contributed by atoms with Crippen LogP contribution in [0.15, 0.2) is 118 Å². The van der Waals surface area contributed by atoms with Gasteiger partial charge in [-0.3, -0.25) is 0 Å². The molecule has 0 aliphatic heterocycles. The molecule has 0 atom stereocenters. The van der Waals surface area contributed by atoms with Gasteiger partial charge < -0.3 is 9.64 Å². The van der Waals surface area contributed by atoms with Crippen LogP contribution in [0.1, 0.15) is 77.6 Å². The first kappa shape index (κ1) is 34.0. The van der Waals surface area contributed by atoms with Gasteiger partial charge in [0.2, 0.25) is 0 Å². The van der Waals surface area contributed by atoms with Crippen molar-refractivity contribution in [1.82, 2.24) is 0 Å². The second kappa shape index (κ2) is 13.0. The maximum Gasteiger partial charge on any atom is 0.142 e. The molecule has 46 heavy (non-hydrogen) atoms. The Labute approximate surface area is 293 Å². The van der Waals surface area contributed by atoms with Gasteiger partial charge in [-0.15, -0.1) is 0 Å². The molecule has 0 bridgehead atoms. The zero-order valence-corrected chi connectivity index (χ0v) is 31.7. The highest BCUT2D eigenvalue weighted by Gasteiger charge is 2.31. The lowest BCUT2D eigenvalue weighted by Gasteiger charge is -2.34. The van der Waals surface area contributed by atoms with Gasteiger partial charge in [-0.05, 0) is 113 Å². The molecule has 0 aliphatic rings. The van der Waals surface area contributed by atoms with Gasteiger partial charge in [0.1, 0.15) is 5.75 Å². The molecule has 5 aromatic carbocycles. The Kier molecular flexibility index (Phi) is 9.64. The zero-order valence-electron chi connectivity index (χ0n) is 28.5. The first-order valence-electron chi connectivity index (χ1n) is 15.9. The lowest BCUT2D eigenvalue weighted by Crippen LogP contribution is -2.23. The van der Waals surface area contributed by atoms with E-state index < -0.39 is 0 Å². The predicted molar refractivity (Wildman–Crippen MR) is 204 cm³/mol. The van der Waals surface area contributed by atoms with Crippen LogP contribution in [0.2, 0.25) is 0 Å². The molecule has 0 saturated carbocycles. The molecule has 4 heteroatoms. The van der Waals surface area contributed by atoms with E-state index in [4.69, 9.17) is 4.74 Å². The van der Waals surface area contributed by atoms with Crippen molar-refractivity contribution in [2.45, 2.75) is 71.6 Å². The fourth-order valence-corrected chi connectivity index (χ4v) is 7.10. The van der Waals surface area contributed by atoms with Crippen molar-refractivity contribution in [2.75, 3.05) is 12.0 Å². The summed E-state index contributed by atoms with van der Waals surface area (Å²) < 4.78 is 8.25. The number of halogens is 2. The molecule has 0 fully saturated rings. The normalized spacial score (nSPS) is 12.2. The zero-order chi connectivity index (χ0) is 33.4. The van der Waals surface area contributed by atoms with Crippen LogP contribution in [0.4, 0.5) is 17.1 Å². The van der Waals surface area contributed by atoms with Crippen molar-refractivity contribution in [3.05, 3.63) is 140 Å². The minimum atomic E-state index is -0.329. The van der Waals surface area contributed by atoms with E-state index >= 15 is 0 Å². The summed E-state index contributed by atoms with van der Waals surface area (Å²) in [5, 5.41) is 0. The largest absolute Gasteiger partial charge is 0.495 e. The van der Waals surface area contributed by atoms with Crippen molar-refractivity contribution in [1.29, 1.82) is 0 Å². The van der Waals surface area contributed by atoms with Crippen molar-refractivity contribution >= 4 is 48.9 Å². The number of ether oxygens (including phenoxy) is 1. The van der Waals surface area contributed by atoms with Crippen molar-refractivity contribution in [3.63, 3.8) is 0 Å². The van der Waals surface area contributed by atoms with Gasteiger partial charge in [0.25, 0.3) is 0 Å². The number of para-hydroxylation sites is 1. The van der Waals surface area contributed by atoms with Gasteiger partial charge in [-0.2, -0.15) is 0 Å².